The standard InChI is InChI=1S/C21H31N3O2S/c1-2-11-24(16-7-9-18-20(14-16)27-21(22)23-18)12-5-3-4-6-15-13-17(25)8-10-19(15)26/h8,10,13,16,25-26H,2-7,9,11-12,14H2,1H3,(H2,22,23)/t16-/m1/s1. The molecule has 0 radical (unpaired) electrons. The van der Waals surface area contributed by atoms with E-state index in [1.807, 2.05) is 0 Å². The van der Waals surface area contributed by atoms with E-state index in [9.17, 15) is 10.2 Å². The number of aromatic nitrogens is 1. The minimum Gasteiger partial charge on any atom is -0.508 e. The highest BCUT2D eigenvalue weighted by Gasteiger charge is 2.26. The number of phenols is 2. The zero-order chi connectivity index (χ0) is 19.2. The van der Waals surface area contributed by atoms with Gasteiger partial charge in [0.15, 0.2) is 5.13 Å². The molecule has 0 spiro atoms. The number of rotatable bonds is 9. The molecule has 3 rings (SSSR count). The number of hydrogen-bond acceptors (Lipinski definition) is 6. The molecule has 5 nitrogen and oxygen atoms in total. The van der Waals surface area contributed by atoms with Crippen LogP contribution >= 0.6 is 11.3 Å². The fourth-order valence-corrected chi connectivity index (χ4v) is 4.98. The van der Waals surface area contributed by atoms with Gasteiger partial charge in [-0.1, -0.05) is 13.3 Å². The van der Waals surface area contributed by atoms with Gasteiger partial charge in [-0.25, -0.2) is 4.98 Å². The van der Waals surface area contributed by atoms with Gasteiger partial charge in [-0.3, -0.25) is 0 Å². The molecule has 27 heavy (non-hydrogen) atoms. The molecule has 1 atom stereocenters. The van der Waals surface area contributed by atoms with Crippen LogP contribution in [-0.2, 0) is 19.3 Å². The van der Waals surface area contributed by atoms with Gasteiger partial charge in [0.2, 0.25) is 0 Å². The first-order chi connectivity index (χ1) is 13.1. The maximum absolute atomic E-state index is 9.87. The first kappa shape index (κ1) is 20.0. The second kappa shape index (κ2) is 9.42. The molecule has 4 N–H and O–H groups in total. The van der Waals surface area contributed by atoms with Gasteiger partial charge < -0.3 is 20.8 Å². The fourth-order valence-electron chi connectivity index (χ4n) is 4.03. The number of nitrogens with zero attached hydrogens (tertiary/aromatic N) is 2. The Morgan fingerprint density at radius 2 is 2.07 bits per heavy atom. The summed E-state index contributed by atoms with van der Waals surface area (Å²) in [5, 5.41) is 20.1. The lowest BCUT2D eigenvalue weighted by Crippen LogP contribution is -2.40. The van der Waals surface area contributed by atoms with Crippen LogP contribution in [0.25, 0.3) is 0 Å². The van der Waals surface area contributed by atoms with Crippen LogP contribution < -0.4 is 5.73 Å². The van der Waals surface area contributed by atoms with Gasteiger partial charge in [0.25, 0.3) is 0 Å². The van der Waals surface area contributed by atoms with Gasteiger partial charge in [-0.2, -0.15) is 0 Å². The number of unbranched alkanes of at least 4 members (excludes halogenated alkanes) is 2. The molecule has 0 saturated carbocycles. The number of nitrogens with two attached hydrogens (primary N) is 1. The number of anilines is 1. The summed E-state index contributed by atoms with van der Waals surface area (Å²) in [5.74, 6) is 0.500. The number of nitrogen functional groups attached to an aromatic ring is 1. The molecule has 1 heterocycles. The van der Waals surface area contributed by atoms with E-state index in [1.54, 1.807) is 23.5 Å². The van der Waals surface area contributed by atoms with Gasteiger partial charge in [0.1, 0.15) is 11.5 Å². The van der Waals surface area contributed by atoms with Crippen molar-refractivity contribution in [2.75, 3.05) is 18.8 Å². The Morgan fingerprint density at radius 1 is 1.22 bits per heavy atom. The largest absolute Gasteiger partial charge is 0.508 e. The third-order valence-corrected chi connectivity index (χ3v) is 6.36. The van der Waals surface area contributed by atoms with Crippen LogP contribution in [0.2, 0.25) is 0 Å². The van der Waals surface area contributed by atoms with Crippen molar-refractivity contribution in [3.05, 3.63) is 34.3 Å². The normalized spacial score (nSPS) is 16.6. The number of benzene rings is 1. The van der Waals surface area contributed by atoms with Crippen molar-refractivity contribution < 1.29 is 10.2 Å². The fraction of sp³-hybridized carbons (Fsp3) is 0.571. The lowest BCUT2D eigenvalue weighted by Gasteiger charge is -2.33. The third kappa shape index (κ3) is 5.36. The summed E-state index contributed by atoms with van der Waals surface area (Å²) in [4.78, 5) is 8.48. The van der Waals surface area contributed by atoms with E-state index in [4.69, 9.17) is 5.73 Å². The number of aryl methyl sites for hydroxylation is 2. The second-order valence-electron chi connectivity index (χ2n) is 7.48. The topological polar surface area (TPSA) is 82.6 Å². The number of thiazole rings is 1. The zero-order valence-electron chi connectivity index (χ0n) is 16.2. The van der Waals surface area contributed by atoms with E-state index < -0.39 is 0 Å². The van der Waals surface area contributed by atoms with Gasteiger partial charge in [0.05, 0.1) is 5.69 Å². The molecule has 0 aliphatic heterocycles. The minimum atomic E-state index is 0.220. The summed E-state index contributed by atoms with van der Waals surface area (Å²) >= 11 is 1.66. The molecule has 0 unspecified atom stereocenters. The quantitative estimate of drug-likeness (QED) is 0.444. The highest BCUT2D eigenvalue weighted by atomic mass is 32.1. The molecule has 6 heteroatoms. The van der Waals surface area contributed by atoms with E-state index >= 15 is 0 Å². The van der Waals surface area contributed by atoms with Crippen LogP contribution in [0.4, 0.5) is 5.13 Å². The molecule has 1 aromatic carbocycles. The smallest absolute Gasteiger partial charge is 0.180 e. The summed E-state index contributed by atoms with van der Waals surface area (Å²) in [5.41, 5.74) is 7.94. The Labute approximate surface area is 165 Å². The highest BCUT2D eigenvalue weighted by molar-refractivity contribution is 7.15. The first-order valence-electron chi connectivity index (χ1n) is 10.1. The van der Waals surface area contributed by atoms with Crippen molar-refractivity contribution in [2.24, 2.45) is 0 Å². The number of aromatic hydroxyl groups is 2. The summed E-state index contributed by atoms with van der Waals surface area (Å²) < 4.78 is 0. The van der Waals surface area contributed by atoms with Crippen LogP contribution in [0.1, 0.15) is 55.2 Å². The van der Waals surface area contributed by atoms with E-state index in [2.05, 4.69) is 16.8 Å². The van der Waals surface area contributed by atoms with Crippen molar-refractivity contribution in [3.8, 4) is 11.5 Å². The molecule has 0 amide bonds. The summed E-state index contributed by atoms with van der Waals surface area (Å²) in [7, 11) is 0. The van der Waals surface area contributed by atoms with E-state index in [1.165, 1.54) is 29.5 Å². The number of phenolic OH excluding ortho intramolecular Hbond substituents is 2. The zero-order valence-corrected chi connectivity index (χ0v) is 17.0. The lowest BCUT2D eigenvalue weighted by atomic mass is 9.95. The molecule has 0 bridgehead atoms. The maximum Gasteiger partial charge on any atom is 0.180 e. The average molecular weight is 390 g/mol. The summed E-state index contributed by atoms with van der Waals surface area (Å²) in [6.07, 6.45) is 8.59. The minimum absolute atomic E-state index is 0.220. The van der Waals surface area contributed by atoms with Gasteiger partial charge in [-0.05, 0) is 81.8 Å². The molecule has 0 fully saturated rings. The second-order valence-corrected chi connectivity index (χ2v) is 8.59. The Morgan fingerprint density at radius 3 is 2.89 bits per heavy atom. The maximum atomic E-state index is 9.87. The molecule has 1 aliphatic carbocycles. The SMILES string of the molecule is CCCN(CCCCCc1cc(O)ccc1O)[C@@H]1CCc2nc(N)sc2C1. The summed E-state index contributed by atoms with van der Waals surface area (Å²) in [6, 6.07) is 5.36. The van der Waals surface area contributed by atoms with E-state index in [-0.39, 0.29) is 11.5 Å². The van der Waals surface area contributed by atoms with Crippen LogP contribution in [0.5, 0.6) is 11.5 Å². The van der Waals surface area contributed by atoms with Gasteiger partial charge in [-0.15, -0.1) is 11.3 Å². The van der Waals surface area contributed by atoms with Crippen molar-refractivity contribution in [3.63, 3.8) is 0 Å². The molecule has 2 aromatic rings. The molecule has 0 saturated heterocycles. The van der Waals surface area contributed by atoms with E-state index in [0.29, 0.717) is 11.2 Å². The lowest BCUT2D eigenvalue weighted by molar-refractivity contribution is 0.176. The predicted octanol–water partition coefficient (Wildman–Crippen LogP) is 4.12. The van der Waals surface area contributed by atoms with Crippen molar-refractivity contribution in [1.29, 1.82) is 0 Å². The molecular formula is C21H31N3O2S. The van der Waals surface area contributed by atoms with Crippen molar-refractivity contribution in [2.45, 2.75) is 64.3 Å². The van der Waals surface area contributed by atoms with Crippen LogP contribution in [-0.4, -0.2) is 39.2 Å². The van der Waals surface area contributed by atoms with Crippen LogP contribution in [0, 0.1) is 0 Å². The Hall–Kier alpha value is -1.79. The number of hydrogen-bond donors (Lipinski definition) is 3. The monoisotopic (exact) mass is 389 g/mol. The Kier molecular flexibility index (Phi) is 6.96. The molecule has 1 aliphatic rings. The highest BCUT2D eigenvalue weighted by Crippen LogP contribution is 2.30. The molecule has 1 aromatic heterocycles. The molecule has 148 valence electrons. The number of fused-ring (bicyclic) bond motifs is 1. The van der Waals surface area contributed by atoms with Gasteiger partial charge in [0, 0.05) is 10.9 Å². The third-order valence-electron chi connectivity index (χ3n) is 5.41. The summed E-state index contributed by atoms with van der Waals surface area (Å²) in [6.45, 7) is 4.51. The average Bonchev–Trinajstić information content (AvgIpc) is 3.02. The predicted molar refractivity (Wildman–Crippen MR) is 112 cm³/mol. The van der Waals surface area contributed by atoms with Crippen molar-refractivity contribution in [1.82, 2.24) is 9.88 Å². The van der Waals surface area contributed by atoms with Crippen LogP contribution in [0.3, 0.4) is 0 Å². The van der Waals surface area contributed by atoms with Crippen LogP contribution in [0.15, 0.2) is 18.2 Å². The van der Waals surface area contributed by atoms with Crippen molar-refractivity contribution >= 4 is 16.5 Å². The van der Waals surface area contributed by atoms with E-state index in [0.717, 1.165) is 57.2 Å². The Bertz CT molecular complexity index is 747. The molecular weight excluding hydrogens is 358 g/mol. The Balaban J connectivity index is 1.45. The first-order valence-corrected chi connectivity index (χ1v) is 10.9. The van der Waals surface area contributed by atoms with Gasteiger partial charge >= 0.3 is 0 Å².